The molecule has 3 N–H and O–H groups in total. The Bertz CT molecular complexity index is 767. The van der Waals surface area contributed by atoms with E-state index in [0.29, 0.717) is 24.1 Å². The zero-order valence-electron chi connectivity index (χ0n) is 14.6. The van der Waals surface area contributed by atoms with Crippen molar-refractivity contribution in [1.82, 2.24) is 5.32 Å². The van der Waals surface area contributed by atoms with Crippen LogP contribution in [0.4, 0.5) is 5.69 Å². The summed E-state index contributed by atoms with van der Waals surface area (Å²) in [7, 11) is 0. The monoisotopic (exact) mass is 354 g/mol. The third-order valence-corrected chi connectivity index (χ3v) is 3.80. The molecule has 6 nitrogen and oxygen atoms in total. The summed E-state index contributed by atoms with van der Waals surface area (Å²) in [4.78, 5) is 34.3. The Morgan fingerprint density at radius 1 is 0.885 bits per heavy atom. The number of carboxylic acids is 1. The maximum absolute atomic E-state index is 11.9. The predicted octanol–water partition coefficient (Wildman–Crippen LogP) is 2.31. The summed E-state index contributed by atoms with van der Waals surface area (Å²) in [6.07, 6.45) is 0.879. The van der Waals surface area contributed by atoms with Gasteiger partial charge in [-0.3, -0.25) is 14.4 Å². The lowest BCUT2D eigenvalue weighted by Gasteiger charge is -2.08. The average molecular weight is 354 g/mol. The van der Waals surface area contributed by atoms with Crippen LogP contribution in [0, 0.1) is 6.92 Å². The van der Waals surface area contributed by atoms with Crippen LogP contribution in [0.2, 0.25) is 0 Å². The van der Waals surface area contributed by atoms with Crippen LogP contribution in [0.15, 0.2) is 48.5 Å². The molecule has 0 aliphatic carbocycles. The van der Waals surface area contributed by atoms with E-state index in [9.17, 15) is 14.4 Å². The Kier molecular flexibility index (Phi) is 6.91. The van der Waals surface area contributed by atoms with Crippen molar-refractivity contribution in [1.29, 1.82) is 0 Å². The number of anilines is 1. The number of carbonyl (C=O) groups is 3. The molecule has 2 aromatic rings. The molecule has 2 amide bonds. The molecule has 0 atom stereocenters. The van der Waals surface area contributed by atoms with E-state index in [1.807, 2.05) is 31.2 Å². The first kappa shape index (κ1) is 19.2. The second-order valence-corrected chi connectivity index (χ2v) is 6.08. The minimum absolute atomic E-state index is 0.0642. The van der Waals surface area contributed by atoms with Crippen molar-refractivity contribution in [3.05, 3.63) is 65.2 Å². The third kappa shape index (κ3) is 6.76. The van der Waals surface area contributed by atoms with Crippen molar-refractivity contribution in [2.24, 2.45) is 0 Å². The fourth-order valence-electron chi connectivity index (χ4n) is 2.37. The number of aliphatic carboxylic acids is 1. The Balaban J connectivity index is 1.71. The molecule has 0 spiro atoms. The van der Waals surface area contributed by atoms with Gasteiger partial charge in [0.2, 0.25) is 11.8 Å². The molecule has 0 aliphatic heterocycles. The standard InChI is InChI=1S/C20H22N2O4/c1-14-2-4-15(5-3-14)8-11-18(23)21-13-19(24)22-17-9-6-16(7-10-17)12-20(25)26/h2-7,9-10H,8,11-13H2,1H3,(H,21,23)(H,22,24)(H,25,26). The number of benzene rings is 2. The summed E-state index contributed by atoms with van der Waals surface area (Å²) in [6, 6.07) is 14.5. The van der Waals surface area contributed by atoms with Crippen LogP contribution in [-0.4, -0.2) is 29.4 Å². The molecule has 0 aromatic heterocycles. The first-order chi connectivity index (χ1) is 12.4. The van der Waals surface area contributed by atoms with Gasteiger partial charge in [-0.2, -0.15) is 0 Å². The molecule has 0 unspecified atom stereocenters. The molecule has 136 valence electrons. The SMILES string of the molecule is Cc1ccc(CCC(=O)NCC(=O)Nc2ccc(CC(=O)O)cc2)cc1. The van der Waals surface area contributed by atoms with Crippen LogP contribution >= 0.6 is 0 Å². The van der Waals surface area contributed by atoms with Gasteiger partial charge in [-0.25, -0.2) is 0 Å². The van der Waals surface area contributed by atoms with E-state index < -0.39 is 5.97 Å². The molecule has 0 aliphatic rings. The normalized spacial score (nSPS) is 10.2. The molecular weight excluding hydrogens is 332 g/mol. The predicted molar refractivity (Wildman–Crippen MR) is 98.9 cm³/mol. The highest BCUT2D eigenvalue weighted by Crippen LogP contribution is 2.10. The lowest BCUT2D eigenvalue weighted by Crippen LogP contribution is -2.32. The van der Waals surface area contributed by atoms with Gasteiger partial charge < -0.3 is 15.7 Å². The van der Waals surface area contributed by atoms with Gasteiger partial charge in [0.25, 0.3) is 0 Å². The van der Waals surface area contributed by atoms with Gasteiger partial charge in [-0.1, -0.05) is 42.0 Å². The Morgan fingerprint density at radius 2 is 1.50 bits per heavy atom. The van der Waals surface area contributed by atoms with Crippen LogP contribution < -0.4 is 10.6 Å². The number of nitrogens with one attached hydrogen (secondary N) is 2. The van der Waals surface area contributed by atoms with Crippen LogP contribution in [0.1, 0.15) is 23.1 Å². The van der Waals surface area contributed by atoms with Gasteiger partial charge in [0.1, 0.15) is 0 Å². The minimum atomic E-state index is -0.907. The van der Waals surface area contributed by atoms with Crippen molar-refractivity contribution in [3.63, 3.8) is 0 Å². The van der Waals surface area contributed by atoms with Crippen molar-refractivity contribution >= 4 is 23.5 Å². The molecule has 0 heterocycles. The summed E-state index contributed by atoms with van der Waals surface area (Å²) in [5.41, 5.74) is 3.46. The number of rotatable bonds is 8. The Morgan fingerprint density at radius 3 is 2.12 bits per heavy atom. The molecule has 26 heavy (non-hydrogen) atoms. The maximum Gasteiger partial charge on any atom is 0.307 e. The Hall–Kier alpha value is -3.15. The van der Waals surface area contributed by atoms with Gasteiger partial charge in [0.05, 0.1) is 13.0 Å². The molecule has 2 rings (SSSR count). The largest absolute Gasteiger partial charge is 0.481 e. The van der Waals surface area contributed by atoms with E-state index in [0.717, 1.165) is 5.56 Å². The zero-order chi connectivity index (χ0) is 18.9. The molecule has 0 bridgehead atoms. The summed E-state index contributed by atoms with van der Waals surface area (Å²) < 4.78 is 0. The van der Waals surface area contributed by atoms with Gasteiger partial charge in [0.15, 0.2) is 0 Å². The lowest BCUT2D eigenvalue weighted by molar-refractivity contribution is -0.136. The van der Waals surface area contributed by atoms with Crippen LogP contribution in [-0.2, 0) is 27.2 Å². The van der Waals surface area contributed by atoms with E-state index in [2.05, 4.69) is 10.6 Å². The van der Waals surface area contributed by atoms with Crippen molar-refractivity contribution < 1.29 is 19.5 Å². The van der Waals surface area contributed by atoms with E-state index in [4.69, 9.17) is 5.11 Å². The highest BCUT2D eigenvalue weighted by Gasteiger charge is 2.07. The first-order valence-corrected chi connectivity index (χ1v) is 8.35. The topological polar surface area (TPSA) is 95.5 Å². The zero-order valence-corrected chi connectivity index (χ0v) is 14.6. The van der Waals surface area contributed by atoms with E-state index in [-0.39, 0.29) is 24.8 Å². The second-order valence-electron chi connectivity index (χ2n) is 6.08. The number of amides is 2. The van der Waals surface area contributed by atoms with Crippen LogP contribution in [0.5, 0.6) is 0 Å². The molecule has 6 heteroatoms. The van der Waals surface area contributed by atoms with Crippen molar-refractivity contribution in [3.8, 4) is 0 Å². The molecule has 0 radical (unpaired) electrons. The molecule has 0 saturated carbocycles. The molecule has 2 aromatic carbocycles. The number of carboxylic acid groups (broad SMARTS) is 1. The van der Waals surface area contributed by atoms with Gasteiger partial charge in [0, 0.05) is 12.1 Å². The molecule has 0 saturated heterocycles. The smallest absolute Gasteiger partial charge is 0.307 e. The Labute approximate surface area is 152 Å². The maximum atomic E-state index is 11.9. The second kappa shape index (κ2) is 9.36. The number of carbonyl (C=O) groups excluding carboxylic acids is 2. The van der Waals surface area contributed by atoms with Crippen molar-refractivity contribution in [2.75, 3.05) is 11.9 Å². The minimum Gasteiger partial charge on any atom is -0.481 e. The van der Waals surface area contributed by atoms with Gasteiger partial charge >= 0.3 is 5.97 Å². The number of hydrogen-bond donors (Lipinski definition) is 3. The van der Waals surface area contributed by atoms with E-state index >= 15 is 0 Å². The van der Waals surface area contributed by atoms with Gasteiger partial charge in [-0.15, -0.1) is 0 Å². The summed E-state index contributed by atoms with van der Waals surface area (Å²) in [6.45, 7) is 1.90. The summed E-state index contributed by atoms with van der Waals surface area (Å²) in [5, 5.41) is 14.0. The highest BCUT2D eigenvalue weighted by atomic mass is 16.4. The van der Waals surface area contributed by atoms with Crippen LogP contribution in [0.3, 0.4) is 0 Å². The van der Waals surface area contributed by atoms with Gasteiger partial charge in [-0.05, 0) is 36.6 Å². The number of aryl methyl sites for hydroxylation is 2. The van der Waals surface area contributed by atoms with Crippen molar-refractivity contribution in [2.45, 2.75) is 26.2 Å². The lowest BCUT2D eigenvalue weighted by atomic mass is 10.1. The number of hydrogen-bond acceptors (Lipinski definition) is 3. The average Bonchev–Trinajstić information content (AvgIpc) is 2.61. The first-order valence-electron chi connectivity index (χ1n) is 8.35. The van der Waals surface area contributed by atoms with E-state index in [1.165, 1.54) is 5.56 Å². The summed E-state index contributed by atoms with van der Waals surface area (Å²) >= 11 is 0. The van der Waals surface area contributed by atoms with Crippen LogP contribution in [0.25, 0.3) is 0 Å². The fraction of sp³-hybridized carbons (Fsp3) is 0.250. The molecule has 0 fully saturated rings. The molecular formula is C20H22N2O4. The third-order valence-electron chi connectivity index (χ3n) is 3.80. The quantitative estimate of drug-likeness (QED) is 0.678. The summed E-state index contributed by atoms with van der Waals surface area (Å²) in [5.74, 6) is -1.42. The van der Waals surface area contributed by atoms with E-state index in [1.54, 1.807) is 24.3 Å². The highest BCUT2D eigenvalue weighted by molar-refractivity contribution is 5.94. The fourth-order valence-corrected chi connectivity index (χ4v) is 2.37.